The molecule has 1 atom stereocenters. The van der Waals surface area contributed by atoms with E-state index in [0.29, 0.717) is 25.7 Å². The maximum Gasteiger partial charge on any atom is 0.306 e. The van der Waals surface area contributed by atoms with Crippen LogP contribution < -0.4 is 0 Å². The molecular weight excluding hydrogens is 661 g/mol. The molecule has 1 unspecified atom stereocenters. The second kappa shape index (κ2) is 42.4. The van der Waals surface area contributed by atoms with Crippen molar-refractivity contribution in [1.29, 1.82) is 0 Å². The molecular formula is C47H84O6. The third-order valence-electron chi connectivity index (χ3n) is 9.65. The van der Waals surface area contributed by atoms with Crippen molar-refractivity contribution in [3.8, 4) is 0 Å². The van der Waals surface area contributed by atoms with Gasteiger partial charge >= 0.3 is 17.9 Å². The Morgan fingerprint density at radius 2 is 0.698 bits per heavy atom. The Morgan fingerprint density at radius 3 is 1.13 bits per heavy atom. The summed E-state index contributed by atoms with van der Waals surface area (Å²) in [6, 6.07) is 0. The molecule has 6 heteroatoms. The van der Waals surface area contributed by atoms with Gasteiger partial charge < -0.3 is 14.2 Å². The summed E-state index contributed by atoms with van der Waals surface area (Å²) in [5.74, 6) is -0.944. The lowest BCUT2D eigenvalue weighted by atomic mass is 10.1. The van der Waals surface area contributed by atoms with Gasteiger partial charge in [0.2, 0.25) is 0 Å². The molecule has 53 heavy (non-hydrogen) atoms. The predicted molar refractivity (Wildman–Crippen MR) is 224 cm³/mol. The number of unbranched alkanes of at least 4 members (excludes halogenated alkanes) is 23. The topological polar surface area (TPSA) is 78.9 Å². The molecule has 0 heterocycles. The van der Waals surface area contributed by atoms with E-state index in [1.54, 1.807) is 0 Å². The van der Waals surface area contributed by atoms with Crippen molar-refractivity contribution >= 4 is 17.9 Å². The maximum atomic E-state index is 12.6. The zero-order valence-electron chi connectivity index (χ0n) is 35.0. The van der Waals surface area contributed by atoms with Gasteiger partial charge in [0.25, 0.3) is 0 Å². The SMILES string of the molecule is CCCCCCCC/C=C\C/C=C\C/C=C\CCCC(=O)OCC(COC(=O)CCCCCCCCCCC)OC(=O)CCCCCCCCCCC. The first kappa shape index (κ1) is 50.6. The summed E-state index contributed by atoms with van der Waals surface area (Å²) < 4.78 is 16.6. The highest BCUT2D eigenvalue weighted by Crippen LogP contribution is 2.14. The Hall–Kier alpha value is -2.37. The number of hydrogen-bond donors (Lipinski definition) is 0. The molecule has 0 aromatic heterocycles. The number of carbonyl (C=O) groups is 3. The molecule has 0 amide bonds. The monoisotopic (exact) mass is 745 g/mol. The standard InChI is InChI=1S/C47H84O6/c1-4-7-10-13-16-19-20-21-22-23-24-25-26-29-31-34-37-40-46(49)52-43-44(53-47(50)41-38-35-32-28-18-15-12-9-6-3)42-51-45(48)39-36-33-30-27-17-14-11-8-5-2/h21-22,24-25,29,31,44H,4-20,23,26-28,30,32-43H2,1-3H3/b22-21-,25-24-,31-29-. The zero-order valence-corrected chi connectivity index (χ0v) is 35.0. The van der Waals surface area contributed by atoms with Crippen molar-refractivity contribution in [3.05, 3.63) is 36.5 Å². The molecule has 0 aromatic carbocycles. The lowest BCUT2D eigenvalue weighted by molar-refractivity contribution is -0.167. The summed E-state index contributed by atoms with van der Waals surface area (Å²) in [6.07, 6.45) is 47.1. The third-order valence-corrected chi connectivity index (χ3v) is 9.65. The second-order valence-electron chi connectivity index (χ2n) is 15.0. The molecule has 0 spiro atoms. The maximum absolute atomic E-state index is 12.6. The molecule has 0 aromatic rings. The number of ether oxygens (including phenoxy) is 3. The Balaban J connectivity index is 4.38. The highest BCUT2D eigenvalue weighted by Gasteiger charge is 2.19. The van der Waals surface area contributed by atoms with Crippen LogP contribution in [0.15, 0.2) is 36.5 Å². The third kappa shape index (κ3) is 40.6. The minimum atomic E-state index is -0.783. The van der Waals surface area contributed by atoms with E-state index in [-0.39, 0.29) is 31.1 Å². The molecule has 0 aliphatic heterocycles. The minimum Gasteiger partial charge on any atom is -0.462 e. The van der Waals surface area contributed by atoms with Crippen molar-refractivity contribution in [2.45, 2.75) is 232 Å². The normalized spacial score (nSPS) is 12.3. The van der Waals surface area contributed by atoms with Gasteiger partial charge in [-0.25, -0.2) is 0 Å². The predicted octanol–water partition coefficient (Wildman–Crippen LogP) is 14.2. The van der Waals surface area contributed by atoms with Crippen molar-refractivity contribution in [2.75, 3.05) is 13.2 Å². The number of rotatable bonds is 40. The molecule has 0 saturated heterocycles. The van der Waals surface area contributed by atoms with Crippen molar-refractivity contribution in [2.24, 2.45) is 0 Å². The number of esters is 3. The summed E-state index contributed by atoms with van der Waals surface area (Å²) in [7, 11) is 0. The quantitative estimate of drug-likeness (QED) is 0.0269. The van der Waals surface area contributed by atoms with Gasteiger partial charge in [0.1, 0.15) is 13.2 Å². The zero-order chi connectivity index (χ0) is 38.7. The van der Waals surface area contributed by atoms with Crippen molar-refractivity contribution < 1.29 is 28.6 Å². The van der Waals surface area contributed by atoms with Gasteiger partial charge in [0.15, 0.2) is 6.10 Å². The Bertz CT molecular complexity index is 907. The summed E-state index contributed by atoms with van der Waals surface area (Å²) in [5, 5.41) is 0. The van der Waals surface area contributed by atoms with Gasteiger partial charge in [-0.05, 0) is 51.4 Å². The average Bonchev–Trinajstić information content (AvgIpc) is 3.15. The summed E-state index contributed by atoms with van der Waals surface area (Å²) >= 11 is 0. The molecule has 0 saturated carbocycles. The van der Waals surface area contributed by atoms with E-state index in [1.807, 2.05) is 0 Å². The first-order valence-corrected chi connectivity index (χ1v) is 22.5. The Kier molecular flexibility index (Phi) is 40.5. The Labute approximate surface area is 327 Å². The average molecular weight is 745 g/mol. The van der Waals surface area contributed by atoms with Gasteiger partial charge in [0.05, 0.1) is 0 Å². The van der Waals surface area contributed by atoms with Gasteiger partial charge in [-0.3, -0.25) is 14.4 Å². The van der Waals surface area contributed by atoms with E-state index in [0.717, 1.165) is 57.8 Å². The lowest BCUT2D eigenvalue weighted by Gasteiger charge is -2.18. The molecule has 0 fully saturated rings. The van der Waals surface area contributed by atoms with Crippen LogP contribution in [-0.2, 0) is 28.6 Å². The first-order valence-electron chi connectivity index (χ1n) is 22.5. The van der Waals surface area contributed by atoms with E-state index in [4.69, 9.17) is 14.2 Å². The van der Waals surface area contributed by atoms with Gasteiger partial charge in [-0.2, -0.15) is 0 Å². The van der Waals surface area contributed by atoms with Gasteiger partial charge in [-0.1, -0.05) is 192 Å². The van der Waals surface area contributed by atoms with Crippen LogP contribution in [0.2, 0.25) is 0 Å². The molecule has 0 aliphatic rings. The van der Waals surface area contributed by atoms with Crippen LogP contribution >= 0.6 is 0 Å². The first-order chi connectivity index (χ1) is 26.0. The molecule has 0 bridgehead atoms. The van der Waals surface area contributed by atoms with Crippen LogP contribution in [0.25, 0.3) is 0 Å². The van der Waals surface area contributed by atoms with Crippen LogP contribution in [0.1, 0.15) is 226 Å². The van der Waals surface area contributed by atoms with Crippen molar-refractivity contribution in [3.63, 3.8) is 0 Å². The van der Waals surface area contributed by atoms with Crippen LogP contribution in [0.4, 0.5) is 0 Å². The largest absolute Gasteiger partial charge is 0.462 e. The van der Waals surface area contributed by atoms with E-state index in [9.17, 15) is 14.4 Å². The Morgan fingerprint density at radius 1 is 0.377 bits per heavy atom. The van der Waals surface area contributed by atoms with Crippen LogP contribution in [0, 0.1) is 0 Å². The van der Waals surface area contributed by atoms with Crippen LogP contribution in [-0.4, -0.2) is 37.2 Å². The summed E-state index contributed by atoms with van der Waals surface area (Å²) in [5.41, 5.74) is 0. The molecule has 0 N–H and O–H groups in total. The summed E-state index contributed by atoms with van der Waals surface area (Å²) in [4.78, 5) is 37.5. The van der Waals surface area contributed by atoms with Gasteiger partial charge in [-0.15, -0.1) is 0 Å². The molecule has 6 nitrogen and oxygen atoms in total. The molecule has 308 valence electrons. The molecule has 0 aliphatic carbocycles. The number of allylic oxidation sites excluding steroid dienone is 6. The van der Waals surface area contributed by atoms with E-state index in [1.165, 1.54) is 122 Å². The molecule has 0 radical (unpaired) electrons. The minimum absolute atomic E-state index is 0.0851. The smallest absolute Gasteiger partial charge is 0.306 e. The second-order valence-corrected chi connectivity index (χ2v) is 15.0. The van der Waals surface area contributed by atoms with E-state index in [2.05, 4.69) is 57.2 Å². The fraction of sp³-hybridized carbons (Fsp3) is 0.809. The highest BCUT2D eigenvalue weighted by atomic mass is 16.6. The fourth-order valence-corrected chi connectivity index (χ4v) is 6.22. The van der Waals surface area contributed by atoms with E-state index >= 15 is 0 Å². The number of carbonyl (C=O) groups excluding carboxylic acids is 3. The fourth-order valence-electron chi connectivity index (χ4n) is 6.22. The van der Waals surface area contributed by atoms with E-state index < -0.39 is 6.10 Å². The van der Waals surface area contributed by atoms with Crippen LogP contribution in [0.3, 0.4) is 0 Å². The summed E-state index contributed by atoms with van der Waals surface area (Å²) in [6.45, 7) is 6.54. The highest BCUT2D eigenvalue weighted by molar-refractivity contribution is 5.71. The van der Waals surface area contributed by atoms with Gasteiger partial charge in [0, 0.05) is 19.3 Å². The van der Waals surface area contributed by atoms with Crippen molar-refractivity contribution in [1.82, 2.24) is 0 Å². The lowest BCUT2D eigenvalue weighted by Crippen LogP contribution is -2.30. The number of hydrogen-bond acceptors (Lipinski definition) is 6. The molecule has 0 rings (SSSR count). The van der Waals surface area contributed by atoms with Crippen LogP contribution in [0.5, 0.6) is 0 Å².